The summed E-state index contributed by atoms with van der Waals surface area (Å²) >= 11 is 0. The van der Waals surface area contributed by atoms with Gasteiger partial charge in [-0.3, -0.25) is 9.59 Å². The molecule has 0 radical (unpaired) electrons. The largest absolute Gasteiger partial charge is 0.508 e. The summed E-state index contributed by atoms with van der Waals surface area (Å²) in [6.45, 7) is 10.7. The van der Waals surface area contributed by atoms with Crippen LogP contribution >= 0.6 is 0 Å². The van der Waals surface area contributed by atoms with Gasteiger partial charge < -0.3 is 39.8 Å². The number of phenolic OH excluding ortho intramolecular Hbond substituents is 2. The van der Waals surface area contributed by atoms with Gasteiger partial charge in [0.2, 0.25) is 5.91 Å². The molecular formula is C60H67N5O9. The van der Waals surface area contributed by atoms with Crippen LogP contribution in [0.15, 0.2) is 114 Å². The van der Waals surface area contributed by atoms with E-state index in [1.54, 1.807) is 44.6 Å². The summed E-state index contributed by atoms with van der Waals surface area (Å²) in [6.07, 6.45) is 9.63. The summed E-state index contributed by atoms with van der Waals surface area (Å²) in [5.74, 6) is 2.11. The van der Waals surface area contributed by atoms with Crippen molar-refractivity contribution in [2.75, 3.05) is 33.9 Å². The summed E-state index contributed by atoms with van der Waals surface area (Å²) in [7, 11) is 3.48. The van der Waals surface area contributed by atoms with Gasteiger partial charge in [0.1, 0.15) is 34.5 Å². The summed E-state index contributed by atoms with van der Waals surface area (Å²) in [5.41, 5.74) is 13.7. The van der Waals surface area contributed by atoms with E-state index in [-0.39, 0.29) is 57.5 Å². The number of fused-ring (bicyclic) bond motifs is 7. The molecule has 2 heterocycles. The molecule has 1 spiro atoms. The van der Waals surface area contributed by atoms with Crippen molar-refractivity contribution in [2.45, 2.75) is 108 Å². The number of esters is 1. The van der Waals surface area contributed by atoms with Crippen molar-refractivity contribution in [3.63, 3.8) is 0 Å². The minimum absolute atomic E-state index is 0.0124. The fraction of sp³-hybridized carbons (Fsp3) is 0.417. The Morgan fingerprint density at radius 3 is 2.16 bits per heavy atom. The molecule has 2 amide bonds. The third-order valence-electron chi connectivity index (χ3n) is 16.5. The van der Waals surface area contributed by atoms with E-state index in [0.717, 1.165) is 61.2 Å². The molecule has 10 rings (SSSR count). The van der Waals surface area contributed by atoms with Gasteiger partial charge in [0, 0.05) is 76.8 Å². The van der Waals surface area contributed by atoms with Gasteiger partial charge in [0.15, 0.2) is 5.60 Å². The number of hydrogen-bond acceptors (Lipinski definition) is 10. The van der Waals surface area contributed by atoms with Crippen LogP contribution < -0.4 is 24.8 Å². The van der Waals surface area contributed by atoms with E-state index in [2.05, 4.69) is 96.9 Å². The first-order valence-corrected chi connectivity index (χ1v) is 25.9. The van der Waals surface area contributed by atoms with Crippen LogP contribution in [0.1, 0.15) is 151 Å². The second-order valence-corrected chi connectivity index (χ2v) is 21.4. The van der Waals surface area contributed by atoms with Gasteiger partial charge in [0.05, 0.1) is 19.8 Å². The molecule has 2 bridgehead atoms. The van der Waals surface area contributed by atoms with Crippen LogP contribution in [0.25, 0.3) is 10.4 Å². The molecule has 4 atom stereocenters. The molecule has 2 aliphatic heterocycles. The summed E-state index contributed by atoms with van der Waals surface area (Å²) in [6, 6.07) is 29.0. The molecular weight excluding hydrogens is 935 g/mol. The van der Waals surface area contributed by atoms with Crippen molar-refractivity contribution < 1.29 is 43.5 Å². The lowest BCUT2D eigenvalue weighted by Gasteiger charge is -2.59. The van der Waals surface area contributed by atoms with Gasteiger partial charge in [-0.1, -0.05) is 94.1 Å². The minimum Gasteiger partial charge on any atom is -0.508 e. The van der Waals surface area contributed by atoms with Crippen molar-refractivity contribution in [1.82, 2.24) is 10.6 Å². The number of benzene rings is 5. The van der Waals surface area contributed by atoms with Crippen molar-refractivity contribution in [3.8, 4) is 34.5 Å². The van der Waals surface area contributed by atoms with E-state index in [1.165, 1.54) is 35.4 Å². The molecule has 386 valence electrons. The third-order valence-corrected chi connectivity index (χ3v) is 16.5. The summed E-state index contributed by atoms with van der Waals surface area (Å²) in [4.78, 5) is 43.2. The van der Waals surface area contributed by atoms with E-state index in [9.17, 15) is 24.6 Å². The number of allylic oxidation sites excluding steroid dienone is 1. The number of amides is 2. The van der Waals surface area contributed by atoms with Crippen LogP contribution in [-0.2, 0) is 20.5 Å². The Kier molecular flexibility index (Phi) is 14.7. The Morgan fingerprint density at radius 2 is 1.51 bits per heavy atom. The molecule has 4 N–H and O–H groups in total. The van der Waals surface area contributed by atoms with E-state index in [0.29, 0.717) is 78.5 Å². The van der Waals surface area contributed by atoms with Crippen LogP contribution in [0, 0.1) is 17.3 Å². The number of methoxy groups -OCH3 is 2. The molecule has 5 aliphatic rings. The number of azide groups is 1. The van der Waals surface area contributed by atoms with E-state index in [4.69, 9.17) is 24.5 Å². The molecule has 14 heteroatoms. The molecule has 74 heavy (non-hydrogen) atoms. The Balaban J connectivity index is 0.816. The minimum atomic E-state index is -1.48. The van der Waals surface area contributed by atoms with Crippen LogP contribution in [0.4, 0.5) is 0 Å². The van der Waals surface area contributed by atoms with Gasteiger partial charge in [-0.25, -0.2) is 4.79 Å². The van der Waals surface area contributed by atoms with E-state index < -0.39 is 11.6 Å². The average Bonchev–Trinajstić information content (AvgIpc) is 3.69. The Morgan fingerprint density at radius 1 is 0.838 bits per heavy atom. The Labute approximate surface area is 433 Å². The number of carbonyl (C=O) groups is 3. The van der Waals surface area contributed by atoms with Crippen LogP contribution in [0.2, 0.25) is 0 Å². The SMILES string of the molecule is COc1cc(C(C)(C)[C@H](CCCCCN=[N+]=[N-])c2ccccc2)cc(OC)c1[C@H]1C=C(CNC(=O)CCCCCNC(=O)c2ccc3c(c2)C2(OC3=O)c3ccc(O)cc3Oc3cc(O)ccc32)[C@H]2C[C@@H]1C2(C)C. The monoisotopic (exact) mass is 1000 g/mol. The maximum absolute atomic E-state index is 13.6. The zero-order valence-corrected chi connectivity index (χ0v) is 43.2. The zero-order chi connectivity index (χ0) is 52.4. The van der Waals surface area contributed by atoms with Crippen molar-refractivity contribution >= 4 is 17.8 Å². The smallest absolute Gasteiger partial charge is 0.340 e. The van der Waals surface area contributed by atoms with E-state index >= 15 is 0 Å². The Bertz CT molecular complexity index is 2960. The Hall–Kier alpha value is -7.44. The lowest BCUT2D eigenvalue weighted by Crippen LogP contribution is -2.52. The summed E-state index contributed by atoms with van der Waals surface area (Å²) < 4.78 is 24.7. The molecule has 14 nitrogen and oxygen atoms in total. The van der Waals surface area contributed by atoms with Crippen molar-refractivity contribution in [3.05, 3.63) is 164 Å². The second kappa shape index (κ2) is 21.2. The highest BCUT2D eigenvalue weighted by Crippen LogP contribution is 2.65. The number of hydrogen-bond donors (Lipinski definition) is 4. The lowest BCUT2D eigenvalue weighted by atomic mass is 9.45. The van der Waals surface area contributed by atoms with Gasteiger partial charge in [-0.05, 0) is 132 Å². The quantitative estimate of drug-likeness (QED) is 0.0138. The second-order valence-electron chi connectivity index (χ2n) is 21.4. The van der Waals surface area contributed by atoms with Gasteiger partial charge in [0.25, 0.3) is 5.91 Å². The first-order valence-electron chi connectivity index (χ1n) is 25.9. The molecule has 3 aliphatic carbocycles. The molecule has 0 unspecified atom stereocenters. The van der Waals surface area contributed by atoms with Gasteiger partial charge in [-0.15, -0.1) is 0 Å². The number of nitrogens with one attached hydrogen (secondary N) is 2. The molecule has 0 aromatic heterocycles. The lowest BCUT2D eigenvalue weighted by molar-refractivity contribution is -0.121. The van der Waals surface area contributed by atoms with Crippen LogP contribution in [0.5, 0.6) is 34.5 Å². The number of aromatic hydroxyl groups is 2. The van der Waals surface area contributed by atoms with Crippen molar-refractivity contribution in [1.29, 1.82) is 0 Å². The first-order chi connectivity index (χ1) is 35.6. The normalized spacial score (nSPS) is 18.7. The summed E-state index contributed by atoms with van der Waals surface area (Å²) in [5, 5.41) is 30.5. The number of nitrogens with zero attached hydrogens (tertiary/aromatic N) is 3. The number of ether oxygens (including phenoxy) is 4. The van der Waals surface area contributed by atoms with Crippen LogP contribution in [-0.4, -0.2) is 61.9 Å². The average molecular weight is 1000 g/mol. The van der Waals surface area contributed by atoms with Gasteiger partial charge in [-0.2, -0.15) is 0 Å². The maximum Gasteiger partial charge on any atom is 0.340 e. The maximum atomic E-state index is 13.6. The molecule has 1 fully saturated rings. The van der Waals surface area contributed by atoms with Crippen molar-refractivity contribution in [2.24, 2.45) is 22.4 Å². The molecule has 5 aromatic rings. The molecule has 0 saturated heterocycles. The van der Waals surface area contributed by atoms with Gasteiger partial charge >= 0.3 is 5.97 Å². The molecule has 1 saturated carbocycles. The predicted octanol–water partition coefficient (Wildman–Crippen LogP) is 12.4. The number of rotatable bonds is 21. The number of carbonyl (C=O) groups excluding carboxylic acids is 3. The van der Waals surface area contributed by atoms with Crippen LogP contribution in [0.3, 0.4) is 0 Å². The standard InChI is InChI=1S/C60H67N5O9/c1-58(2,44(36-16-10-7-11-17-36)18-12-8-15-27-64-65-61)39-30-52(71-5)55(53(31-39)72-6)43-28-38(47-34-48(43)59(47,3)4)35-63-54(68)19-13-9-14-26-62-56(69)37-20-23-42-49(29-37)60(74-57(42)70)45-24-21-40(66)32-50(45)73-51-33-41(67)22-25-46(51)60/h7,10-11,16-17,20-25,28-33,43-44,47-48,66-67H,8-9,12-15,18-19,26-27,34-35H2,1-6H3,(H,62,69)(H,63,68)/t43-,44+,47+,48-/m0/s1. The molecule has 5 aromatic carbocycles. The zero-order valence-electron chi connectivity index (χ0n) is 43.2. The highest BCUT2D eigenvalue weighted by atomic mass is 16.6. The van der Waals surface area contributed by atoms with E-state index in [1.807, 2.05) is 0 Å². The highest BCUT2D eigenvalue weighted by molar-refractivity contribution is 6.00. The topological polar surface area (TPSA) is 201 Å². The predicted molar refractivity (Wildman–Crippen MR) is 282 cm³/mol. The first kappa shape index (κ1) is 51.5. The fourth-order valence-electron chi connectivity index (χ4n) is 12.4. The number of unbranched alkanes of at least 4 members (excludes halogenated alkanes) is 4. The highest BCUT2D eigenvalue weighted by Gasteiger charge is 2.57. The number of phenols is 2. The third kappa shape index (κ3) is 9.63. The fourth-order valence-corrected chi connectivity index (χ4v) is 12.4.